The second kappa shape index (κ2) is 7.54. The number of fused-ring (bicyclic) bond motifs is 2. The summed E-state index contributed by atoms with van der Waals surface area (Å²) in [6, 6.07) is 2.38. The number of anilines is 1. The molecule has 0 fully saturated rings. The van der Waals surface area contributed by atoms with E-state index in [1.807, 2.05) is 0 Å². The number of hydrogen-bond acceptors (Lipinski definition) is 3. The van der Waals surface area contributed by atoms with Crippen molar-refractivity contribution in [3.63, 3.8) is 0 Å². The Kier molecular flexibility index (Phi) is 5.06. The van der Waals surface area contributed by atoms with Crippen molar-refractivity contribution in [1.82, 2.24) is 10.3 Å². The standard InChI is InChI=1S/C22H23F2N3O2/c1-3-20(28)26-22-16-11-25-10-15(13(16)5-6-17(22)23)14-8-12-4-7-21(29)27(2)19(12)9-18(14)24/h8-11,17,22H,3-7H2,1-2H3,(H,26,28)/t17-,22-/m1/s1. The minimum absolute atomic E-state index is 0.0353. The molecule has 0 bridgehead atoms. The molecule has 1 aliphatic carbocycles. The molecule has 0 unspecified atom stereocenters. The quantitative estimate of drug-likeness (QED) is 0.857. The number of alkyl halides is 1. The van der Waals surface area contributed by atoms with E-state index in [4.69, 9.17) is 0 Å². The lowest BCUT2D eigenvalue weighted by Gasteiger charge is -2.31. The Morgan fingerprint density at radius 1 is 1.24 bits per heavy atom. The summed E-state index contributed by atoms with van der Waals surface area (Å²) in [4.78, 5) is 29.5. The number of aromatic nitrogens is 1. The maximum Gasteiger partial charge on any atom is 0.227 e. The van der Waals surface area contributed by atoms with Crippen molar-refractivity contribution in [3.8, 4) is 11.1 Å². The highest BCUT2D eigenvalue weighted by molar-refractivity contribution is 5.96. The molecule has 2 aromatic rings. The molecule has 152 valence electrons. The second-order valence-corrected chi connectivity index (χ2v) is 7.62. The second-order valence-electron chi connectivity index (χ2n) is 7.62. The summed E-state index contributed by atoms with van der Waals surface area (Å²) in [5.41, 5.74) is 3.91. The molecule has 1 aromatic carbocycles. The predicted octanol–water partition coefficient (Wildman–Crippen LogP) is 3.65. The number of carbonyl (C=O) groups is 2. The van der Waals surface area contributed by atoms with Crippen LogP contribution in [0.3, 0.4) is 0 Å². The van der Waals surface area contributed by atoms with Gasteiger partial charge in [-0.2, -0.15) is 0 Å². The van der Waals surface area contributed by atoms with Crippen LogP contribution >= 0.6 is 0 Å². The number of benzene rings is 1. The molecule has 2 heterocycles. The van der Waals surface area contributed by atoms with E-state index in [1.54, 1.807) is 32.4 Å². The molecule has 7 heteroatoms. The summed E-state index contributed by atoms with van der Waals surface area (Å²) in [5.74, 6) is -0.715. The highest BCUT2D eigenvalue weighted by Gasteiger charge is 2.33. The fourth-order valence-electron chi connectivity index (χ4n) is 4.24. The van der Waals surface area contributed by atoms with Crippen LogP contribution in [-0.4, -0.2) is 30.0 Å². The van der Waals surface area contributed by atoms with E-state index in [0.717, 1.165) is 11.1 Å². The Balaban J connectivity index is 1.80. The molecule has 0 saturated heterocycles. The minimum Gasteiger partial charge on any atom is -0.346 e. The number of amides is 2. The Labute approximate surface area is 168 Å². The molecule has 0 saturated carbocycles. The van der Waals surface area contributed by atoms with Crippen molar-refractivity contribution < 1.29 is 18.4 Å². The number of carbonyl (C=O) groups excluding carboxylic acids is 2. The molecule has 1 N–H and O–H groups in total. The van der Waals surface area contributed by atoms with E-state index in [0.29, 0.717) is 41.6 Å². The van der Waals surface area contributed by atoms with Gasteiger partial charge in [0.2, 0.25) is 11.8 Å². The lowest BCUT2D eigenvalue weighted by Crippen LogP contribution is -2.37. The zero-order valence-electron chi connectivity index (χ0n) is 16.5. The van der Waals surface area contributed by atoms with Gasteiger partial charge in [-0.15, -0.1) is 0 Å². The van der Waals surface area contributed by atoms with Crippen LogP contribution in [0.2, 0.25) is 0 Å². The Morgan fingerprint density at radius 2 is 2.03 bits per heavy atom. The normalized spacial score (nSPS) is 20.8. The zero-order chi connectivity index (χ0) is 20.7. The van der Waals surface area contributed by atoms with Gasteiger partial charge in [-0.3, -0.25) is 14.6 Å². The van der Waals surface area contributed by atoms with Crippen molar-refractivity contribution >= 4 is 17.5 Å². The Hall–Kier alpha value is -2.83. The molecule has 4 rings (SSSR count). The third-order valence-corrected chi connectivity index (χ3v) is 5.90. The smallest absolute Gasteiger partial charge is 0.227 e. The number of nitrogens with zero attached hydrogens (tertiary/aromatic N) is 2. The SMILES string of the molecule is CCC(=O)N[C@@H]1c2cncc(-c3cc4c(cc3F)N(C)C(=O)CC4)c2CC[C@H]1F. The number of pyridine rings is 1. The first kappa shape index (κ1) is 19.5. The third-order valence-electron chi connectivity index (χ3n) is 5.90. The highest BCUT2D eigenvalue weighted by atomic mass is 19.1. The van der Waals surface area contributed by atoms with Gasteiger partial charge in [-0.25, -0.2) is 8.78 Å². The molecule has 1 aromatic heterocycles. The van der Waals surface area contributed by atoms with Gasteiger partial charge in [0.05, 0.1) is 6.04 Å². The van der Waals surface area contributed by atoms with Crippen LogP contribution in [0.4, 0.5) is 14.5 Å². The third kappa shape index (κ3) is 3.39. The minimum atomic E-state index is -1.21. The molecule has 0 radical (unpaired) electrons. The van der Waals surface area contributed by atoms with Gasteiger partial charge in [0.25, 0.3) is 0 Å². The summed E-state index contributed by atoms with van der Waals surface area (Å²) < 4.78 is 29.7. The summed E-state index contributed by atoms with van der Waals surface area (Å²) in [6.45, 7) is 1.71. The first-order chi connectivity index (χ1) is 13.9. The number of halogens is 2. The van der Waals surface area contributed by atoms with Crippen LogP contribution in [0, 0.1) is 5.82 Å². The van der Waals surface area contributed by atoms with Crippen LogP contribution in [-0.2, 0) is 22.4 Å². The first-order valence-electron chi connectivity index (χ1n) is 9.90. The average molecular weight is 399 g/mol. The summed E-state index contributed by atoms with van der Waals surface area (Å²) >= 11 is 0. The van der Waals surface area contributed by atoms with Crippen LogP contribution in [0.1, 0.15) is 48.9 Å². The molecule has 2 amide bonds. The number of rotatable bonds is 3. The molecule has 2 aliphatic rings. The van der Waals surface area contributed by atoms with Crippen LogP contribution in [0.25, 0.3) is 11.1 Å². The largest absolute Gasteiger partial charge is 0.346 e. The number of aryl methyl sites for hydroxylation is 1. The van der Waals surface area contributed by atoms with Gasteiger partial charge >= 0.3 is 0 Å². The fourth-order valence-corrected chi connectivity index (χ4v) is 4.24. The molecule has 0 spiro atoms. The topological polar surface area (TPSA) is 62.3 Å². The van der Waals surface area contributed by atoms with Crippen LogP contribution < -0.4 is 10.2 Å². The zero-order valence-corrected chi connectivity index (χ0v) is 16.5. The van der Waals surface area contributed by atoms with E-state index in [1.165, 1.54) is 11.0 Å². The average Bonchev–Trinajstić information content (AvgIpc) is 2.72. The first-order valence-corrected chi connectivity index (χ1v) is 9.90. The lowest BCUT2D eigenvalue weighted by atomic mass is 9.83. The molecular formula is C22H23F2N3O2. The van der Waals surface area contributed by atoms with Gasteiger partial charge in [0, 0.05) is 49.1 Å². The maximum atomic E-state index is 15.1. The summed E-state index contributed by atoms with van der Waals surface area (Å²) in [5, 5.41) is 2.74. The monoisotopic (exact) mass is 399 g/mol. The molecular weight excluding hydrogens is 376 g/mol. The molecule has 2 atom stereocenters. The van der Waals surface area contributed by atoms with E-state index >= 15 is 4.39 Å². The van der Waals surface area contributed by atoms with Crippen LogP contribution in [0.15, 0.2) is 24.5 Å². The van der Waals surface area contributed by atoms with Gasteiger partial charge in [0.15, 0.2) is 0 Å². The van der Waals surface area contributed by atoms with Crippen LogP contribution in [0.5, 0.6) is 0 Å². The lowest BCUT2D eigenvalue weighted by molar-refractivity contribution is -0.122. The van der Waals surface area contributed by atoms with Crippen molar-refractivity contribution in [3.05, 3.63) is 47.0 Å². The van der Waals surface area contributed by atoms with Gasteiger partial charge < -0.3 is 10.2 Å². The molecule has 29 heavy (non-hydrogen) atoms. The van der Waals surface area contributed by atoms with Crippen molar-refractivity contribution in [1.29, 1.82) is 0 Å². The van der Waals surface area contributed by atoms with E-state index in [2.05, 4.69) is 10.3 Å². The van der Waals surface area contributed by atoms with Gasteiger partial charge in [-0.05, 0) is 48.1 Å². The van der Waals surface area contributed by atoms with Crippen molar-refractivity contribution in [2.75, 3.05) is 11.9 Å². The Bertz CT molecular complexity index is 992. The fraction of sp³-hybridized carbons (Fsp3) is 0.409. The Morgan fingerprint density at radius 3 is 2.79 bits per heavy atom. The van der Waals surface area contributed by atoms with Gasteiger partial charge in [0.1, 0.15) is 12.0 Å². The highest BCUT2D eigenvalue weighted by Crippen LogP contribution is 2.40. The van der Waals surface area contributed by atoms with E-state index < -0.39 is 18.0 Å². The predicted molar refractivity (Wildman–Crippen MR) is 106 cm³/mol. The van der Waals surface area contributed by atoms with E-state index in [9.17, 15) is 14.0 Å². The maximum absolute atomic E-state index is 15.1. The van der Waals surface area contributed by atoms with Gasteiger partial charge in [-0.1, -0.05) is 6.92 Å². The molecule has 5 nitrogen and oxygen atoms in total. The summed E-state index contributed by atoms with van der Waals surface area (Å²) in [7, 11) is 1.65. The number of hydrogen-bond donors (Lipinski definition) is 1. The van der Waals surface area contributed by atoms with Crippen molar-refractivity contribution in [2.45, 2.75) is 51.2 Å². The molecule has 1 aliphatic heterocycles. The van der Waals surface area contributed by atoms with E-state index in [-0.39, 0.29) is 24.7 Å². The van der Waals surface area contributed by atoms with Crippen molar-refractivity contribution in [2.24, 2.45) is 0 Å². The number of nitrogens with one attached hydrogen (secondary N) is 1. The summed E-state index contributed by atoms with van der Waals surface area (Å²) in [6.07, 6.45) is 3.85.